The van der Waals surface area contributed by atoms with Crippen molar-refractivity contribution in [3.8, 4) is 89.3 Å². The van der Waals surface area contributed by atoms with Crippen LogP contribution in [0.15, 0.2) is 392 Å². The van der Waals surface area contributed by atoms with E-state index in [-0.39, 0.29) is 49.0 Å². The number of hydrogen-bond acceptors (Lipinski definition) is 3. The van der Waals surface area contributed by atoms with Crippen molar-refractivity contribution in [2.75, 3.05) is 22.9 Å². The van der Waals surface area contributed by atoms with Crippen LogP contribution in [0.4, 0.5) is 22.7 Å². The van der Waals surface area contributed by atoms with E-state index in [9.17, 15) is 16.4 Å². The number of hydrogen-bond donors (Lipinski definition) is 0. The van der Waals surface area contributed by atoms with Crippen molar-refractivity contribution in [2.24, 2.45) is 0 Å². The zero-order valence-corrected chi connectivity index (χ0v) is 67.4. The fraction of sp³-hybridized carbons (Fsp3) is 0.113. The van der Waals surface area contributed by atoms with Crippen LogP contribution >= 0.6 is 0 Å². The van der Waals surface area contributed by atoms with Crippen molar-refractivity contribution in [3.63, 3.8) is 0 Å². The number of aromatic nitrogens is 2. The Morgan fingerprint density at radius 3 is 1.17 bits per heavy atom. The second-order valence-corrected chi connectivity index (χ2v) is 33.1. The molecule has 0 radical (unpaired) electrons. The highest BCUT2D eigenvalue weighted by atomic mass is 16.3. The smallest absolute Gasteiger partial charge is 0.252 e. The summed E-state index contributed by atoms with van der Waals surface area (Å²) in [5, 5.41) is 1.63. The third-order valence-electron chi connectivity index (χ3n) is 24.9. The summed E-state index contributed by atoms with van der Waals surface area (Å²) in [5.74, 6) is 0. The highest BCUT2D eigenvalue weighted by molar-refractivity contribution is 7.00. The van der Waals surface area contributed by atoms with Crippen molar-refractivity contribution in [1.29, 1.82) is 0 Å². The first kappa shape index (κ1) is 57.8. The molecule has 17 aromatic carbocycles. The average Bonchev–Trinajstić information content (AvgIpc) is 1.65. The lowest BCUT2D eigenvalue weighted by molar-refractivity contribution is 0.590. The minimum absolute atomic E-state index is 0.0204. The van der Waals surface area contributed by atoms with E-state index in [1.807, 2.05) is 84.9 Å². The van der Waals surface area contributed by atoms with Gasteiger partial charge in [0.1, 0.15) is 11.2 Å². The number of unbranched alkanes of at least 4 members (excludes halogenated alkanes) is 3. The third kappa shape index (κ3) is 13.1. The summed E-state index contributed by atoms with van der Waals surface area (Å²) in [6.07, 6.45) is 4.84. The van der Waals surface area contributed by atoms with Gasteiger partial charge in [-0.3, -0.25) is 0 Å². The topological polar surface area (TPSA) is 29.5 Å². The maximum atomic E-state index is 9.88. The molecule has 0 N–H and O–H groups in total. The molecule has 0 fully saturated rings. The summed E-state index contributed by atoms with van der Waals surface area (Å²) < 4.78 is 161. The molecule has 0 spiro atoms. The number of anilines is 4. The van der Waals surface area contributed by atoms with Gasteiger partial charge in [-0.05, 0) is 246 Å². The predicted molar refractivity (Wildman–Crippen MR) is 514 cm³/mol. The molecule has 0 aliphatic carbocycles. The lowest BCUT2D eigenvalue weighted by Gasteiger charge is -2.45. The summed E-state index contributed by atoms with van der Waals surface area (Å²) in [4.78, 5) is 4.78. The zero-order chi connectivity index (χ0) is 94.6. The molecule has 0 saturated carbocycles. The normalized spacial score (nSPS) is 14.4. The van der Waals surface area contributed by atoms with Gasteiger partial charge in [-0.25, -0.2) is 0 Å². The molecule has 0 saturated heterocycles. The standard InChI is InChI=1S/C115H91BN4O/c1-115(2,3)87-73-99(84-44-31-42-81(68-84)77-34-9-4-10-35-77)93(100(74-87)85-45-32-43-82(69-85)78-36-11-5-12-37-78)47-28-30-67-118-109-76-89(120-106-57-25-20-50-96(106)97-51-21-26-58-107(97)120)62-64-103(109)116-102-63-61-88(119-104-55-23-18-48-94(104)95-49-19-24-56-105(95)119)75-108(102)117(110-71-86(72-111(118)114(110)116)83-60-65-113-101(70-83)98-52-22-27-59-112(98)121-113)66-29-8-17-46-92-90(79-38-13-6-14-39-79)53-33-54-91(92)80-40-15-7-16-41-80/h4-7,9-16,18-27,31-45,48-65,68-76H,8,17,28-30,46-47,66-67H2,1-3H3/i18D,19D,20D,21D,23D,24D,25D,26D,48D,49D,50D,51D,55D,56D,57D,58D. The van der Waals surface area contributed by atoms with Crippen molar-refractivity contribution in [3.05, 3.63) is 405 Å². The molecule has 0 unspecified atom stereocenters. The number of nitrogens with zero attached hydrogens (tertiary/aromatic N) is 4. The summed E-state index contributed by atoms with van der Waals surface area (Å²) in [7, 11) is 0. The SMILES string of the molecule is [2H]c1c([2H])c([2H])c2c(c1[2H])c1c([2H])c([2H])c([2H])c([2H])c1n2-c1ccc2c(c1)N(CCCCCc1c(-c3ccccc3)cccc1-c1ccccc1)c1cc(-c3ccc4oc5ccccc5c4c3)cc3c1B2c1ccc(-n2c4c([2H])c([2H])c([2H])c([2H])c4c4c([2H])c([2H])c([2H])c([2H])c42)cc1N3CCCCc1c(-c2cccc(-c3ccccc3)c2)cc(C(C)(C)C)cc1-c1cccc(-c2ccccc2)c1. The molecule has 0 amide bonds. The molecule has 2 aliphatic heterocycles. The predicted octanol–water partition coefficient (Wildman–Crippen LogP) is 28.6. The number of fused-ring (bicyclic) bond motifs is 13. The van der Waals surface area contributed by atoms with Crippen LogP contribution in [-0.4, -0.2) is 28.9 Å². The summed E-state index contributed by atoms with van der Waals surface area (Å²) in [5.41, 5.74) is 26.2. The maximum absolute atomic E-state index is 9.88. The van der Waals surface area contributed by atoms with E-state index in [0.717, 1.165) is 141 Å². The van der Waals surface area contributed by atoms with Crippen LogP contribution in [0, 0.1) is 0 Å². The van der Waals surface area contributed by atoms with Gasteiger partial charge in [-0.15, -0.1) is 0 Å². The Kier molecular flexibility index (Phi) is 14.6. The number of furan rings is 1. The van der Waals surface area contributed by atoms with Gasteiger partial charge in [0.15, 0.2) is 0 Å². The van der Waals surface area contributed by atoms with Gasteiger partial charge in [-0.1, -0.05) is 324 Å². The van der Waals surface area contributed by atoms with Gasteiger partial charge < -0.3 is 23.4 Å². The van der Waals surface area contributed by atoms with Gasteiger partial charge >= 0.3 is 0 Å². The second kappa shape index (κ2) is 30.6. The first-order chi connectivity index (χ1) is 66.3. The van der Waals surface area contributed by atoms with Crippen LogP contribution in [0.1, 0.15) is 91.5 Å². The Morgan fingerprint density at radius 2 is 0.686 bits per heavy atom. The van der Waals surface area contributed by atoms with Crippen molar-refractivity contribution in [1.82, 2.24) is 9.13 Å². The van der Waals surface area contributed by atoms with Crippen LogP contribution in [0.25, 0.3) is 155 Å². The molecule has 20 aromatic rings. The number of rotatable bonds is 20. The maximum Gasteiger partial charge on any atom is 0.252 e. The molecule has 121 heavy (non-hydrogen) atoms. The van der Waals surface area contributed by atoms with Crippen molar-refractivity contribution >= 4 is 111 Å². The average molecular weight is 1570 g/mol. The number of benzene rings is 17. The lowest BCUT2D eigenvalue weighted by Crippen LogP contribution is -2.62. The van der Waals surface area contributed by atoms with E-state index >= 15 is 0 Å². The van der Waals surface area contributed by atoms with Crippen LogP contribution in [0.5, 0.6) is 0 Å². The van der Waals surface area contributed by atoms with Gasteiger partial charge in [0, 0.05) is 79.5 Å². The highest BCUT2D eigenvalue weighted by Crippen LogP contribution is 2.47. The van der Waals surface area contributed by atoms with Crippen LogP contribution < -0.4 is 26.2 Å². The largest absolute Gasteiger partial charge is 0.456 e. The van der Waals surface area contributed by atoms with Gasteiger partial charge in [0.2, 0.25) is 0 Å². The molecule has 2 aliphatic rings. The van der Waals surface area contributed by atoms with Crippen LogP contribution in [0.2, 0.25) is 0 Å². The third-order valence-corrected chi connectivity index (χ3v) is 24.9. The minimum atomic E-state index is -0.647. The van der Waals surface area contributed by atoms with Gasteiger partial charge in [-0.2, -0.15) is 0 Å². The molecule has 5 heterocycles. The van der Waals surface area contributed by atoms with E-state index in [0.29, 0.717) is 67.1 Å². The minimum Gasteiger partial charge on any atom is -0.456 e. The summed E-state index contributed by atoms with van der Waals surface area (Å²) in [6, 6.07) is 93.9. The Bertz CT molecular complexity index is 8090. The molecule has 3 aromatic heterocycles. The van der Waals surface area contributed by atoms with Crippen molar-refractivity contribution < 1.29 is 26.3 Å². The fourth-order valence-corrected chi connectivity index (χ4v) is 19.1. The van der Waals surface area contributed by atoms with E-state index in [4.69, 9.17) is 9.90 Å². The summed E-state index contributed by atoms with van der Waals surface area (Å²) >= 11 is 0. The first-order valence-corrected chi connectivity index (χ1v) is 42.0. The Labute approximate surface area is 730 Å². The monoisotopic (exact) mass is 1570 g/mol. The molecule has 0 bridgehead atoms. The van der Waals surface area contributed by atoms with Crippen LogP contribution in [-0.2, 0) is 18.3 Å². The lowest BCUT2D eigenvalue weighted by atomic mass is 9.33. The van der Waals surface area contributed by atoms with Crippen LogP contribution in [0.3, 0.4) is 0 Å². The van der Waals surface area contributed by atoms with E-state index in [1.165, 1.54) is 16.7 Å². The second-order valence-electron chi connectivity index (χ2n) is 33.1. The zero-order valence-electron chi connectivity index (χ0n) is 83.4. The molecule has 22 rings (SSSR count). The Hall–Kier alpha value is -14.2. The molecule has 0 atom stereocenters. The molecular formula is C115H91BN4O. The molecule has 6 heteroatoms. The molecule has 580 valence electrons. The molecular weight excluding hydrogens is 1460 g/mol. The first-order valence-electron chi connectivity index (χ1n) is 50.0. The quantitative estimate of drug-likeness (QED) is 0.0563. The fourth-order valence-electron chi connectivity index (χ4n) is 19.1. The molecule has 5 nitrogen and oxygen atoms in total. The van der Waals surface area contributed by atoms with Gasteiger partial charge in [0.25, 0.3) is 6.71 Å². The van der Waals surface area contributed by atoms with E-state index in [1.54, 1.807) is 9.13 Å². The van der Waals surface area contributed by atoms with E-state index < -0.39 is 103 Å². The van der Waals surface area contributed by atoms with Crippen molar-refractivity contribution in [2.45, 2.75) is 71.1 Å². The highest BCUT2D eigenvalue weighted by Gasteiger charge is 2.44. The van der Waals surface area contributed by atoms with E-state index in [2.05, 4.69) is 237 Å². The number of para-hydroxylation sites is 5. The summed E-state index contributed by atoms with van der Waals surface area (Å²) in [6.45, 7) is 6.98. The Morgan fingerprint density at radius 1 is 0.289 bits per heavy atom. The Balaban J connectivity index is 0.780. The van der Waals surface area contributed by atoms with Gasteiger partial charge in [0.05, 0.1) is 44.0 Å².